The van der Waals surface area contributed by atoms with E-state index < -0.39 is 5.67 Å². The highest BCUT2D eigenvalue weighted by Crippen LogP contribution is 2.29. The number of alkyl halides is 1. The summed E-state index contributed by atoms with van der Waals surface area (Å²) in [5, 5.41) is 0. The zero-order valence-electron chi connectivity index (χ0n) is 7.95. The summed E-state index contributed by atoms with van der Waals surface area (Å²) in [4.78, 5) is 2.20. The molecule has 0 unspecified atom stereocenters. The van der Waals surface area contributed by atoms with Gasteiger partial charge in [-0.3, -0.25) is 4.90 Å². The summed E-state index contributed by atoms with van der Waals surface area (Å²) in [6.07, 6.45) is 0.685. The maximum absolute atomic E-state index is 13.3. The van der Waals surface area contributed by atoms with Gasteiger partial charge in [0.1, 0.15) is 5.67 Å². The van der Waals surface area contributed by atoms with Crippen LogP contribution in [0.5, 0.6) is 0 Å². The molecule has 2 heteroatoms. The van der Waals surface area contributed by atoms with Crippen molar-refractivity contribution in [3.63, 3.8) is 0 Å². The largest absolute Gasteiger partial charge is 0.295 e. The van der Waals surface area contributed by atoms with Crippen molar-refractivity contribution in [2.75, 3.05) is 13.1 Å². The molecule has 0 aliphatic carbocycles. The van der Waals surface area contributed by atoms with E-state index in [1.54, 1.807) is 6.92 Å². The van der Waals surface area contributed by atoms with Gasteiger partial charge < -0.3 is 0 Å². The molecule has 0 aromatic carbocycles. The molecular weight excluding hydrogens is 141 g/mol. The third-order valence-corrected chi connectivity index (χ3v) is 2.37. The molecule has 0 saturated carbocycles. The molecule has 11 heavy (non-hydrogen) atoms. The van der Waals surface area contributed by atoms with Crippen LogP contribution in [0.2, 0.25) is 0 Å². The fourth-order valence-corrected chi connectivity index (χ4v) is 1.50. The van der Waals surface area contributed by atoms with Crippen LogP contribution in [-0.2, 0) is 0 Å². The van der Waals surface area contributed by atoms with Crippen molar-refractivity contribution in [1.29, 1.82) is 0 Å². The molecule has 0 amide bonds. The minimum atomic E-state index is -0.951. The first kappa shape index (κ1) is 8.98. The van der Waals surface area contributed by atoms with Crippen LogP contribution in [0.15, 0.2) is 0 Å². The molecule has 1 nitrogen and oxygen atoms in total. The average Bonchev–Trinajstić information content (AvgIpc) is 2.07. The van der Waals surface area contributed by atoms with Crippen LogP contribution in [0.4, 0.5) is 4.39 Å². The van der Waals surface area contributed by atoms with Crippen LogP contribution < -0.4 is 0 Å². The smallest absolute Gasteiger partial charge is 0.122 e. The minimum absolute atomic E-state index is 0.129. The SMILES string of the molecule is CC(C)(C)N1CC[C@@](C)(F)C1. The first-order valence-corrected chi connectivity index (χ1v) is 4.25. The minimum Gasteiger partial charge on any atom is -0.295 e. The molecule has 1 aliphatic rings. The molecule has 0 bridgehead atoms. The Morgan fingerprint density at radius 1 is 1.36 bits per heavy atom. The van der Waals surface area contributed by atoms with Crippen molar-refractivity contribution in [2.45, 2.75) is 45.3 Å². The molecular formula is C9H18FN. The predicted octanol–water partition coefficient (Wildman–Crippen LogP) is 2.22. The van der Waals surface area contributed by atoms with E-state index in [-0.39, 0.29) is 5.54 Å². The van der Waals surface area contributed by atoms with E-state index in [2.05, 4.69) is 25.7 Å². The Hall–Kier alpha value is -0.110. The molecule has 1 atom stereocenters. The van der Waals surface area contributed by atoms with Crippen LogP contribution in [0, 0.1) is 0 Å². The third kappa shape index (κ3) is 2.16. The summed E-state index contributed by atoms with van der Waals surface area (Å²) in [6.45, 7) is 9.59. The van der Waals surface area contributed by atoms with Crippen LogP contribution in [0.25, 0.3) is 0 Å². The average molecular weight is 159 g/mol. The van der Waals surface area contributed by atoms with Gasteiger partial charge in [-0.2, -0.15) is 0 Å². The lowest BCUT2D eigenvalue weighted by molar-refractivity contribution is 0.129. The zero-order valence-corrected chi connectivity index (χ0v) is 7.95. The summed E-state index contributed by atoms with van der Waals surface area (Å²) in [5.41, 5.74) is -0.822. The van der Waals surface area contributed by atoms with Crippen molar-refractivity contribution in [1.82, 2.24) is 4.90 Å². The molecule has 1 rings (SSSR count). The highest BCUT2D eigenvalue weighted by molar-refractivity contribution is 4.91. The van der Waals surface area contributed by atoms with Gasteiger partial charge in [0.05, 0.1) is 0 Å². The first-order valence-electron chi connectivity index (χ1n) is 4.25. The van der Waals surface area contributed by atoms with Crippen LogP contribution in [0.3, 0.4) is 0 Å². The number of halogens is 1. The van der Waals surface area contributed by atoms with Crippen molar-refractivity contribution < 1.29 is 4.39 Å². The van der Waals surface area contributed by atoms with Gasteiger partial charge in [0, 0.05) is 18.6 Å². The molecule has 1 aliphatic heterocycles. The summed E-state index contributed by atoms with van der Waals surface area (Å²) >= 11 is 0. The third-order valence-electron chi connectivity index (χ3n) is 2.37. The van der Waals surface area contributed by atoms with Gasteiger partial charge in [-0.25, -0.2) is 4.39 Å². The second kappa shape index (κ2) is 2.44. The Balaban J connectivity index is 2.55. The van der Waals surface area contributed by atoms with E-state index in [1.807, 2.05) is 0 Å². The molecule has 66 valence electrons. The lowest BCUT2D eigenvalue weighted by Crippen LogP contribution is -2.41. The molecule has 1 saturated heterocycles. The summed E-state index contributed by atoms with van der Waals surface area (Å²) in [6, 6.07) is 0. The monoisotopic (exact) mass is 159 g/mol. The summed E-state index contributed by atoms with van der Waals surface area (Å²) in [7, 11) is 0. The topological polar surface area (TPSA) is 3.24 Å². The molecule has 0 aromatic rings. The lowest BCUT2D eigenvalue weighted by Gasteiger charge is -2.31. The number of rotatable bonds is 0. The van der Waals surface area contributed by atoms with Gasteiger partial charge >= 0.3 is 0 Å². The van der Waals surface area contributed by atoms with E-state index in [0.29, 0.717) is 13.0 Å². The second-order valence-corrected chi connectivity index (χ2v) is 4.76. The predicted molar refractivity (Wildman–Crippen MR) is 45.5 cm³/mol. The maximum atomic E-state index is 13.3. The Morgan fingerprint density at radius 2 is 1.91 bits per heavy atom. The quantitative estimate of drug-likeness (QED) is 0.524. The fraction of sp³-hybridized carbons (Fsp3) is 1.00. The second-order valence-electron chi connectivity index (χ2n) is 4.76. The Morgan fingerprint density at radius 3 is 2.09 bits per heavy atom. The van der Waals surface area contributed by atoms with Gasteiger partial charge in [-0.1, -0.05) is 0 Å². The molecule has 0 radical (unpaired) electrons. The van der Waals surface area contributed by atoms with E-state index in [0.717, 1.165) is 6.54 Å². The molecule has 1 fully saturated rings. The van der Waals surface area contributed by atoms with E-state index in [9.17, 15) is 4.39 Å². The summed E-state index contributed by atoms with van der Waals surface area (Å²) in [5.74, 6) is 0. The standard InChI is InChI=1S/C9H18FN/c1-8(2,3)11-6-5-9(4,10)7-11/h5-7H2,1-4H3/t9-/m1/s1. The number of hydrogen-bond acceptors (Lipinski definition) is 1. The number of hydrogen-bond donors (Lipinski definition) is 0. The van der Waals surface area contributed by atoms with E-state index in [1.165, 1.54) is 0 Å². The van der Waals surface area contributed by atoms with Gasteiger partial charge in [0.2, 0.25) is 0 Å². The van der Waals surface area contributed by atoms with Crippen molar-refractivity contribution in [3.05, 3.63) is 0 Å². The van der Waals surface area contributed by atoms with Gasteiger partial charge in [0.15, 0.2) is 0 Å². The van der Waals surface area contributed by atoms with Gasteiger partial charge in [-0.15, -0.1) is 0 Å². The Bertz CT molecular complexity index is 146. The molecule has 0 aromatic heterocycles. The van der Waals surface area contributed by atoms with Crippen molar-refractivity contribution in [3.8, 4) is 0 Å². The number of likely N-dealkylation sites (tertiary alicyclic amines) is 1. The maximum Gasteiger partial charge on any atom is 0.122 e. The van der Waals surface area contributed by atoms with Crippen molar-refractivity contribution in [2.24, 2.45) is 0 Å². The zero-order chi connectivity index (χ0) is 8.70. The van der Waals surface area contributed by atoms with Gasteiger partial charge in [0.25, 0.3) is 0 Å². The molecule has 1 heterocycles. The molecule has 0 N–H and O–H groups in total. The highest BCUT2D eigenvalue weighted by atomic mass is 19.1. The first-order chi connectivity index (χ1) is 4.81. The van der Waals surface area contributed by atoms with Crippen LogP contribution in [0.1, 0.15) is 34.1 Å². The highest BCUT2D eigenvalue weighted by Gasteiger charge is 2.37. The fourth-order valence-electron chi connectivity index (χ4n) is 1.50. The van der Waals surface area contributed by atoms with Crippen LogP contribution in [-0.4, -0.2) is 29.2 Å². The summed E-state index contributed by atoms with van der Waals surface area (Å²) < 4.78 is 13.3. The number of nitrogens with zero attached hydrogens (tertiary/aromatic N) is 1. The molecule has 0 spiro atoms. The van der Waals surface area contributed by atoms with E-state index in [4.69, 9.17) is 0 Å². The van der Waals surface area contributed by atoms with Crippen LogP contribution >= 0.6 is 0 Å². The van der Waals surface area contributed by atoms with E-state index >= 15 is 0 Å². The normalized spacial score (nSPS) is 34.6. The lowest BCUT2D eigenvalue weighted by atomic mass is 10.1. The van der Waals surface area contributed by atoms with Crippen molar-refractivity contribution >= 4 is 0 Å². The Labute approximate surface area is 68.6 Å². The van der Waals surface area contributed by atoms with Gasteiger partial charge in [-0.05, 0) is 34.1 Å². The Kier molecular flexibility index (Phi) is 1.99.